The Morgan fingerprint density at radius 3 is 1.52 bits per heavy atom. The van der Waals surface area contributed by atoms with Gasteiger partial charge in [0.05, 0.1) is 45.1 Å². The monoisotopic (exact) mass is 818 g/mol. The van der Waals surface area contributed by atoms with Crippen molar-refractivity contribution in [2.75, 3.05) is 66.5 Å². The van der Waals surface area contributed by atoms with Gasteiger partial charge >= 0.3 is 5.97 Å². The number of unbranched alkanes of at least 4 members (excludes halogenated alkanes) is 14. The number of nitrogens with one attached hydrogen (secondary N) is 2. The summed E-state index contributed by atoms with van der Waals surface area (Å²) in [4.78, 5) is 38.8. The normalized spacial score (nSPS) is 19.0. The zero-order chi connectivity index (χ0) is 42.1. The molecule has 0 radical (unpaired) electrons. The molecule has 58 heavy (non-hydrogen) atoms. The highest BCUT2D eigenvalue weighted by molar-refractivity contribution is 5.76. The number of epoxide rings is 2. The molecule has 2 heterocycles. The minimum atomic E-state index is -0.254. The number of esters is 1. The molecular weight excluding hydrogens is 729 g/mol. The number of likely N-dealkylation sites (N-methyl/N-ethyl adjacent to an activating group) is 1. The van der Waals surface area contributed by atoms with Crippen LogP contribution in [0, 0.1) is 0 Å². The fraction of sp³-hybridized carbons (Fsp3) is 0.854. The SMILES string of the molecule is CCCCCC1OC1CC=CCCCCCCCC(=O)NCCN(CCNC(=O)CCCCCCCC=CCC1OC1CCCCC)CC[N+](C)(C)CCOC(C)=O. The summed E-state index contributed by atoms with van der Waals surface area (Å²) in [6.07, 6.45) is 38.1. The average Bonchev–Trinajstić information content (AvgIpc) is 4.12. The molecule has 2 fully saturated rings. The number of rotatable bonds is 40. The summed E-state index contributed by atoms with van der Waals surface area (Å²) in [7, 11) is 4.28. The van der Waals surface area contributed by atoms with E-state index in [1.807, 2.05) is 0 Å². The van der Waals surface area contributed by atoms with Crippen molar-refractivity contribution in [3.8, 4) is 0 Å². The van der Waals surface area contributed by atoms with Crippen LogP contribution in [0.3, 0.4) is 0 Å². The number of quaternary nitrogens is 1. The average molecular weight is 818 g/mol. The Balaban J connectivity index is 1.53. The highest BCUT2D eigenvalue weighted by atomic mass is 16.6. The van der Waals surface area contributed by atoms with Crippen molar-refractivity contribution < 1.29 is 33.1 Å². The number of carbonyl (C=O) groups is 3. The molecule has 0 bridgehead atoms. The largest absolute Gasteiger partial charge is 0.460 e. The van der Waals surface area contributed by atoms with E-state index in [2.05, 4.69) is 67.8 Å². The van der Waals surface area contributed by atoms with Crippen molar-refractivity contribution in [1.82, 2.24) is 15.5 Å². The standard InChI is InChI=1S/C48H88N4O6/c1-6-8-22-28-43-45(57-43)30-24-18-14-10-12-16-20-26-32-47(54)49-34-36-51(38-39-52(4,5)40-41-56-42(3)53)37-35-50-48(55)33-27-21-17-13-11-15-19-25-31-46-44(58-46)29-23-9-7-2/h18-19,24-25,43-46H,6-17,20-23,26-41H2,1-5H3,(H-,49,50,54,55)/p+1. The molecule has 2 aliphatic rings. The first kappa shape index (κ1) is 51.9. The quantitative estimate of drug-likeness (QED) is 0.0209. The predicted molar refractivity (Wildman–Crippen MR) is 239 cm³/mol. The third-order valence-corrected chi connectivity index (χ3v) is 11.7. The molecule has 4 atom stereocenters. The van der Waals surface area contributed by atoms with E-state index < -0.39 is 0 Å². The van der Waals surface area contributed by atoms with E-state index in [1.165, 1.54) is 96.8 Å². The van der Waals surface area contributed by atoms with Gasteiger partial charge in [0.25, 0.3) is 0 Å². The maximum Gasteiger partial charge on any atom is 0.302 e. The lowest BCUT2D eigenvalue weighted by Gasteiger charge is -2.32. The first-order chi connectivity index (χ1) is 28.1. The third-order valence-electron chi connectivity index (χ3n) is 11.7. The van der Waals surface area contributed by atoms with Crippen LogP contribution in [0.2, 0.25) is 0 Å². The molecule has 2 rings (SSSR count). The maximum absolute atomic E-state index is 12.6. The summed E-state index contributed by atoms with van der Waals surface area (Å²) in [6, 6.07) is 0. The van der Waals surface area contributed by atoms with E-state index in [9.17, 15) is 14.4 Å². The third kappa shape index (κ3) is 29.9. The second-order valence-electron chi connectivity index (χ2n) is 17.7. The van der Waals surface area contributed by atoms with E-state index in [1.54, 1.807) is 0 Å². The van der Waals surface area contributed by atoms with E-state index in [-0.39, 0.29) is 17.8 Å². The molecule has 2 aliphatic heterocycles. The molecule has 0 aliphatic carbocycles. The second kappa shape index (κ2) is 33.4. The summed E-state index contributed by atoms with van der Waals surface area (Å²) in [5, 5.41) is 6.26. The van der Waals surface area contributed by atoms with Gasteiger partial charge in [-0.1, -0.05) is 115 Å². The first-order valence-electron chi connectivity index (χ1n) is 24.0. The number of amides is 2. The Kier molecular flexibility index (Phi) is 29.9. The summed E-state index contributed by atoms with van der Waals surface area (Å²) in [5.74, 6) is -0.0123. The Labute approximate surface area is 355 Å². The smallest absolute Gasteiger partial charge is 0.302 e. The molecule has 0 aromatic heterocycles. The maximum atomic E-state index is 12.6. The van der Waals surface area contributed by atoms with Crippen LogP contribution < -0.4 is 10.6 Å². The molecule has 4 unspecified atom stereocenters. The van der Waals surface area contributed by atoms with Crippen LogP contribution in [0.4, 0.5) is 0 Å². The number of allylic oxidation sites excluding steroid dienone is 2. The number of ether oxygens (including phenoxy) is 3. The van der Waals surface area contributed by atoms with E-state index in [0.717, 1.165) is 88.6 Å². The van der Waals surface area contributed by atoms with Crippen molar-refractivity contribution in [3.63, 3.8) is 0 Å². The van der Waals surface area contributed by atoms with Crippen molar-refractivity contribution in [1.29, 1.82) is 0 Å². The van der Waals surface area contributed by atoms with Crippen LogP contribution in [-0.2, 0) is 28.6 Å². The zero-order valence-electron chi connectivity index (χ0n) is 38.1. The van der Waals surface area contributed by atoms with E-state index in [4.69, 9.17) is 14.2 Å². The molecular formula is C48H89N4O6+. The van der Waals surface area contributed by atoms with Crippen LogP contribution >= 0.6 is 0 Å². The predicted octanol–water partition coefficient (Wildman–Crippen LogP) is 9.21. The molecule has 336 valence electrons. The molecule has 0 aromatic rings. The first-order valence-corrected chi connectivity index (χ1v) is 24.0. The van der Waals surface area contributed by atoms with E-state index >= 15 is 0 Å². The number of nitrogens with zero attached hydrogens (tertiary/aromatic N) is 2. The number of hydrogen-bond acceptors (Lipinski definition) is 7. The van der Waals surface area contributed by atoms with Gasteiger partial charge in [-0.2, -0.15) is 0 Å². The lowest BCUT2D eigenvalue weighted by atomic mass is 10.1. The summed E-state index contributed by atoms with van der Waals surface area (Å²) in [5.41, 5.74) is 0. The second-order valence-corrected chi connectivity index (χ2v) is 17.7. The van der Waals surface area contributed by atoms with Gasteiger partial charge in [-0.15, -0.1) is 0 Å². The Morgan fingerprint density at radius 2 is 1.05 bits per heavy atom. The fourth-order valence-corrected chi connectivity index (χ4v) is 7.50. The topological polar surface area (TPSA) is 113 Å². The molecule has 2 amide bonds. The van der Waals surface area contributed by atoms with Gasteiger partial charge in [-0.05, 0) is 64.2 Å². The van der Waals surface area contributed by atoms with Gasteiger partial charge in [0.1, 0.15) is 13.2 Å². The lowest BCUT2D eigenvalue weighted by Crippen LogP contribution is -2.49. The molecule has 0 aromatic carbocycles. The molecule has 10 heteroatoms. The van der Waals surface area contributed by atoms with Gasteiger partial charge in [-0.25, -0.2) is 0 Å². The van der Waals surface area contributed by atoms with E-state index in [0.29, 0.717) is 57.0 Å². The summed E-state index contributed by atoms with van der Waals surface area (Å²) < 4.78 is 17.5. The van der Waals surface area contributed by atoms with Crippen LogP contribution in [-0.4, -0.2) is 118 Å². The molecule has 0 saturated carbocycles. The van der Waals surface area contributed by atoms with Crippen molar-refractivity contribution in [3.05, 3.63) is 24.3 Å². The molecule has 0 spiro atoms. The fourth-order valence-electron chi connectivity index (χ4n) is 7.50. The van der Waals surface area contributed by atoms with Gasteiger partial charge in [0, 0.05) is 52.5 Å². The van der Waals surface area contributed by atoms with Gasteiger partial charge in [0.15, 0.2) is 0 Å². The van der Waals surface area contributed by atoms with Crippen molar-refractivity contribution >= 4 is 17.8 Å². The number of hydrogen-bond donors (Lipinski definition) is 2. The zero-order valence-corrected chi connectivity index (χ0v) is 38.1. The van der Waals surface area contributed by atoms with Gasteiger partial charge < -0.3 is 29.3 Å². The van der Waals surface area contributed by atoms with Crippen LogP contribution in [0.1, 0.15) is 175 Å². The highest BCUT2D eigenvalue weighted by Crippen LogP contribution is 2.31. The van der Waals surface area contributed by atoms with Crippen LogP contribution in [0.5, 0.6) is 0 Å². The number of carbonyl (C=O) groups excluding carboxylic acids is 3. The highest BCUT2D eigenvalue weighted by Gasteiger charge is 2.37. The van der Waals surface area contributed by atoms with Crippen molar-refractivity contribution in [2.24, 2.45) is 0 Å². The minimum Gasteiger partial charge on any atom is -0.460 e. The Hall–Kier alpha value is -2.27. The van der Waals surface area contributed by atoms with Crippen LogP contribution in [0.15, 0.2) is 24.3 Å². The van der Waals surface area contributed by atoms with Gasteiger partial charge in [-0.3, -0.25) is 19.3 Å². The summed E-state index contributed by atoms with van der Waals surface area (Å²) >= 11 is 0. The van der Waals surface area contributed by atoms with Gasteiger partial charge in [0.2, 0.25) is 11.8 Å². The molecule has 2 saturated heterocycles. The summed E-state index contributed by atoms with van der Waals surface area (Å²) in [6.45, 7) is 11.4. The Bertz CT molecular complexity index is 1060. The Morgan fingerprint density at radius 1 is 0.586 bits per heavy atom. The molecule has 2 N–H and O–H groups in total. The van der Waals surface area contributed by atoms with Crippen LogP contribution in [0.25, 0.3) is 0 Å². The minimum absolute atomic E-state index is 0.121. The lowest BCUT2D eigenvalue weighted by molar-refractivity contribution is -0.890. The molecule has 10 nitrogen and oxygen atoms in total. The van der Waals surface area contributed by atoms with Crippen molar-refractivity contribution in [2.45, 2.75) is 199 Å².